The van der Waals surface area contributed by atoms with Crippen molar-refractivity contribution in [3.05, 3.63) is 70.1 Å². The van der Waals surface area contributed by atoms with Gasteiger partial charge in [-0.15, -0.1) is 11.3 Å². The Balaban J connectivity index is 1.64. The van der Waals surface area contributed by atoms with Crippen molar-refractivity contribution < 1.29 is 13.2 Å². The molecule has 0 radical (unpaired) electrons. The maximum absolute atomic E-state index is 12.3. The van der Waals surface area contributed by atoms with E-state index >= 15 is 0 Å². The molecule has 0 aliphatic heterocycles. The lowest BCUT2D eigenvalue weighted by molar-refractivity contribution is -0.115. The van der Waals surface area contributed by atoms with Crippen LogP contribution in [0.3, 0.4) is 0 Å². The van der Waals surface area contributed by atoms with Gasteiger partial charge in [0.2, 0.25) is 5.91 Å². The summed E-state index contributed by atoms with van der Waals surface area (Å²) in [5, 5.41) is 4.65. The molecule has 1 amide bonds. The number of hydrogen-bond acceptors (Lipinski definition) is 5. The van der Waals surface area contributed by atoms with E-state index in [2.05, 4.69) is 31.0 Å². The van der Waals surface area contributed by atoms with Crippen LogP contribution >= 0.6 is 27.3 Å². The van der Waals surface area contributed by atoms with Crippen LogP contribution in [0.1, 0.15) is 5.69 Å². The summed E-state index contributed by atoms with van der Waals surface area (Å²) in [6, 6.07) is 15.3. The minimum Gasteiger partial charge on any atom is -0.326 e. The number of halogens is 1. The molecule has 9 heteroatoms. The van der Waals surface area contributed by atoms with Crippen LogP contribution < -0.4 is 10.0 Å². The average Bonchev–Trinajstić information content (AvgIpc) is 3.01. The third-order valence-electron chi connectivity index (χ3n) is 3.28. The van der Waals surface area contributed by atoms with Crippen LogP contribution in [0, 0.1) is 0 Å². The highest BCUT2D eigenvalue weighted by Crippen LogP contribution is 2.21. The zero-order chi connectivity index (χ0) is 18.6. The van der Waals surface area contributed by atoms with Crippen LogP contribution in [-0.2, 0) is 21.2 Å². The number of aromatic nitrogens is 1. The first-order valence-corrected chi connectivity index (χ1v) is 10.7. The number of carbonyl (C=O) groups is 1. The number of nitrogens with one attached hydrogen (secondary N) is 2. The van der Waals surface area contributed by atoms with Crippen molar-refractivity contribution in [1.82, 2.24) is 4.98 Å². The number of nitrogens with zero attached hydrogens (tertiary/aromatic N) is 1. The molecule has 0 saturated heterocycles. The summed E-state index contributed by atoms with van der Waals surface area (Å²) in [5.41, 5.74) is 1.16. The van der Waals surface area contributed by atoms with Gasteiger partial charge in [-0.25, -0.2) is 13.4 Å². The third-order valence-corrected chi connectivity index (χ3v) is 6.06. The summed E-state index contributed by atoms with van der Waals surface area (Å²) >= 11 is 4.48. The number of carbonyl (C=O) groups excluding carboxylic acids is 1. The number of rotatable bonds is 6. The smallest absolute Gasteiger partial charge is 0.263 e. The average molecular weight is 452 g/mol. The fourth-order valence-electron chi connectivity index (χ4n) is 2.14. The molecule has 0 unspecified atom stereocenters. The molecule has 2 N–H and O–H groups in total. The minimum absolute atomic E-state index is 0.0517. The highest BCUT2D eigenvalue weighted by atomic mass is 79.9. The number of benzene rings is 2. The van der Waals surface area contributed by atoms with Gasteiger partial charge in [0, 0.05) is 15.5 Å². The zero-order valence-corrected chi connectivity index (χ0v) is 16.6. The largest absolute Gasteiger partial charge is 0.326 e. The lowest BCUT2D eigenvalue weighted by Gasteiger charge is -2.05. The number of sulfonamides is 1. The normalized spacial score (nSPS) is 11.1. The van der Waals surface area contributed by atoms with E-state index in [9.17, 15) is 13.2 Å². The zero-order valence-electron chi connectivity index (χ0n) is 13.3. The van der Waals surface area contributed by atoms with Gasteiger partial charge in [-0.2, -0.15) is 0 Å². The Morgan fingerprint density at radius 1 is 1.12 bits per heavy atom. The second-order valence-electron chi connectivity index (χ2n) is 5.30. The van der Waals surface area contributed by atoms with E-state index in [4.69, 9.17) is 0 Å². The van der Waals surface area contributed by atoms with Gasteiger partial charge in [0.15, 0.2) is 5.13 Å². The van der Waals surface area contributed by atoms with Gasteiger partial charge >= 0.3 is 0 Å². The molecule has 134 valence electrons. The highest BCUT2D eigenvalue weighted by molar-refractivity contribution is 9.10. The Bertz CT molecular complexity index is 1020. The van der Waals surface area contributed by atoms with Crippen LogP contribution in [-0.4, -0.2) is 19.3 Å². The fourth-order valence-corrected chi connectivity index (χ4v) is 4.53. The van der Waals surface area contributed by atoms with Gasteiger partial charge < -0.3 is 5.32 Å². The standard InChI is InChI=1S/C17H14BrN3O3S2/c18-12-5-4-6-13(9-12)19-16(22)10-14-11-25-17(20-14)21-26(23,24)15-7-2-1-3-8-15/h1-9,11H,10H2,(H,19,22)(H,20,21). The molecular weight excluding hydrogens is 438 g/mol. The van der Waals surface area contributed by atoms with Gasteiger partial charge in [0.25, 0.3) is 10.0 Å². The van der Waals surface area contributed by atoms with Crippen molar-refractivity contribution >= 4 is 54.0 Å². The van der Waals surface area contributed by atoms with Crippen molar-refractivity contribution in [2.45, 2.75) is 11.3 Å². The second-order valence-corrected chi connectivity index (χ2v) is 8.75. The van der Waals surface area contributed by atoms with Crippen molar-refractivity contribution in [2.24, 2.45) is 0 Å². The monoisotopic (exact) mass is 451 g/mol. The maximum Gasteiger partial charge on any atom is 0.263 e. The quantitative estimate of drug-likeness (QED) is 0.594. The number of thiazole rings is 1. The lowest BCUT2D eigenvalue weighted by Crippen LogP contribution is -2.15. The molecule has 1 aromatic heterocycles. The van der Waals surface area contributed by atoms with Gasteiger partial charge in [-0.3, -0.25) is 9.52 Å². The summed E-state index contributed by atoms with van der Waals surface area (Å²) in [6.45, 7) is 0. The first kappa shape index (κ1) is 18.6. The first-order valence-electron chi connectivity index (χ1n) is 7.50. The van der Waals surface area contributed by atoms with E-state index in [-0.39, 0.29) is 22.4 Å². The Morgan fingerprint density at radius 3 is 2.62 bits per heavy atom. The summed E-state index contributed by atoms with van der Waals surface area (Å²) in [6.07, 6.45) is 0.0517. The van der Waals surface area contributed by atoms with Crippen molar-refractivity contribution in [3.63, 3.8) is 0 Å². The van der Waals surface area contributed by atoms with Gasteiger partial charge in [-0.1, -0.05) is 40.2 Å². The van der Waals surface area contributed by atoms with Crippen LogP contribution in [0.2, 0.25) is 0 Å². The topological polar surface area (TPSA) is 88.2 Å². The van der Waals surface area contributed by atoms with Crippen molar-refractivity contribution in [1.29, 1.82) is 0 Å². The van der Waals surface area contributed by atoms with E-state index < -0.39 is 10.0 Å². The number of anilines is 2. The van der Waals surface area contributed by atoms with Crippen LogP contribution in [0.15, 0.2) is 69.3 Å². The number of hydrogen-bond donors (Lipinski definition) is 2. The molecule has 3 rings (SSSR count). The SMILES string of the molecule is O=C(Cc1csc(NS(=O)(=O)c2ccccc2)n1)Nc1cccc(Br)c1. The van der Waals surface area contributed by atoms with Crippen LogP contribution in [0.5, 0.6) is 0 Å². The fraction of sp³-hybridized carbons (Fsp3) is 0.0588. The van der Waals surface area contributed by atoms with Gasteiger partial charge in [0.1, 0.15) is 0 Å². The predicted octanol–water partition coefficient (Wildman–Crippen LogP) is 3.89. The minimum atomic E-state index is -3.69. The molecule has 0 aliphatic rings. The molecule has 0 bridgehead atoms. The van der Waals surface area contributed by atoms with E-state index in [1.807, 2.05) is 12.1 Å². The summed E-state index contributed by atoms with van der Waals surface area (Å²) in [7, 11) is -3.69. The Kier molecular flexibility index (Phi) is 5.70. The Labute approximate surface area is 163 Å². The molecule has 3 aromatic rings. The second kappa shape index (κ2) is 7.98. The first-order chi connectivity index (χ1) is 12.4. The molecule has 6 nitrogen and oxygen atoms in total. The summed E-state index contributed by atoms with van der Waals surface area (Å²) in [5.74, 6) is -0.231. The molecule has 0 atom stereocenters. The van der Waals surface area contributed by atoms with Crippen molar-refractivity contribution in [2.75, 3.05) is 10.0 Å². The summed E-state index contributed by atoms with van der Waals surface area (Å²) in [4.78, 5) is 16.4. The lowest BCUT2D eigenvalue weighted by atomic mass is 10.3. The van der Waals surface area contributed by atoms with Crippen molar-refractivity contribution in [3.8, 4) is 0 Å². The predicted molar refractivity (Wildman–Crippen MR) is 106 cm³/mol. The third kappa shape index (κ3) is 4.90. The summed E-state index contributed by atoms with van der Waals surface area (Å²) < 4.78 is 27.8. The molecule has 26 heavy (non-hydrogen) atoms. The van der Waals surface area contributed by atoms with Gasteiger partial charge in [-0.05, 0) is 30.3 Å². The molecule has 1 heterocycles. The molecule has 0 saturated carbocycles. The Hall–Kier alpha value is -2.23. The highest BCUT2D eigenvalue weighted by Gasteiger charge is 2.16. The van der Waals surface area contributed by atoms with E-state index in [0.29, 0.717) is 11.4 Å². The molecule has 0 aliphatic carbocycles. The van der Waals surface area contributed by atoms with Crippen LogP contribution in [0.4, 0.5) is 10.8 Å². The van der Waals surface area contributed by atoms with Gasteiger partial charge in [0.05, 0.1) is 17.0 Å². The van der Waals surface area contributed by atoms with E-state index in [1.54, 1.807) is 35.7 Å². The maximum atomic E-state index is 12.3. The number of amides is 1. The molecule has 2 aromatic carbocycles. The Morgan fingerprint density at radius 2 is 1.88 bits per heavy atom. The van der Waals surface area contributed by atoms with E-state index in [1.165, 1.54) is 12.1 Å². The molecule has 0 fully saturated rings. The molecule has 0 spiro atoms. The van der Waals surface area contributed by atoms with E-state index in [0.717, 1.165) is 15.8 Å². The molecular formula is C17H14BrN3O3S2. The van der Waals surface area contributed by atoms with Crippen LogP contribution in [0.25, 0.3) is 0 Å².